The third kappa shape index (κ3) is 2.91. The summed E-state index contributed by atoms with van der Waals surface area (Å²) in [7, 11) is 0. The average Bonchev–Trinajstić information content (AvgIpc) is 3.20. The maximum atomic E-state index is 11.4. The highest BCUT2D eigenvalue weighted by molar-refractivity contribution is 5.77. The van der Waals surface area contributed by atoms with E-state index < -0.39 is 11.4 Å². The molecule has 0 amide bonds. The minimum Gasteiger partial charge on any atom is -0.481 e. The second kappa shape index (κ2) is 6.01. The molecule has 4 rings (SSSR count). The second-order valence-corrected chi connectivity index (χ2v) is 7.10. The van der Waals surface area contributed by atoms with Crippen LogP contribution < -0.4 is 0 Å². The maximum Gasteiger partial charge on any atom is 0.310 e. The molecule has 5 heteroatoms. The van der Waals surface area contributed by atoms with E-state index in [4.69, 9.17) is 0 Å². The van der Waals surface area contributed by atoms with E-state index in [0.717, 1.165) is 29.8 Å². The molecule has 2 heterocycles. The highest BCUT2D eigenvalue weighted by Crippen LogP contribution is 2.31. The van der Waals surface area contributed by atoms with E-state index in [1.165, 1.54) is 5.56 Å². The number of nitrogens with zero attached hydrogens (tertiary/aromatic N) is 3. The first-order valence-corrected chi connectivity index (χ1v) is 8.52. The van der Waals surface area contributed by atoms with Gasteiger partial charge in [0.2, 0.25) is 0 Å². The van der Waals surface area contributed by atoms with Crippen molar-refractivity contribution in [2.75, 3.05) is 13.1 Å². The summed E-state index contributed by atoms with van der Waals surface area (Å²) in [5, 5.41) is 9.35. The number of carboxylic acid groups (broad SMARTS) is 1. The molecule has 25 heavy (non-hydrogen) atoms. The van der Waals surface area contributed by atoms with Gasteiger partial charge in [-0.1, -0.05) is 24.3 Å². The lowest BCUT2D eigenvalue weighted by Gasteiger charge is -2.20. The quantitative estimate of drug-likeness (QED) is 0.794. The fourth-order valence-electron chi connectivity index (χ4n) is 3.55. The molecule has 1 aromatic heterocycles. The summed E-state index contributed by atoms with van der Waals surface area (Å²) < 4.78 is 2.08. The van der Waals surface area contributed by atoms with Gasteiger partial charge in [0.05, 0.1) is 16.4 Å². The van der Waals surface area contributed by atoms with Crippen LogP contribution in [0.3, 0.4) is 0 Å². The largest absolute Gasteiger partial charge is 0.481 e. The van der Waals surface area contributed by atoms with Crippen LogP contribution in [0, 0.1) is 5.41 Å². The zero-order valence-corrected chi connectivity index (χ0v) is 14.2. The van der Waals surface area contributed by atoms with Crippen molar-refractivity contribution in [1.29, 1.82) is 0 Å². The molecule has 3 aromatic rings. The number of benzene rings is 2. The van der Waals surface area contributed by atoms with Gasteiger partial charge in [-0.15, -0.1) is 0 Å². The normalized spacial score (nSPS) is 21.0. The topological polar surface area (TPSA) is 58.4 Å². The molecule has 128 valence electrons. The fraction of sp³-hybridized carbons (Fsp3) is 0.300. The third-order valence-electron chi connectivity index (χ3n) is 5.14. The first kappa shape index (κ1) is 15.8. The molecular formula is C20H21N3O2. The highest BCUT2D eigenvalue weighted by atomic mass is 16.4. The van der Waals surface area contributed by atoms with E-state index >= 15 is 0 Å². The summed E-state index contributed by atoms with van der Waals surface area (Å²) in [5.41, 5.74) is 3.73. The van der Waals surface area contributed by atoms with E-state index in [-0.39, 0.29) is 0 Å². The van der Waals surface area contributed by atoms with Crippen LogP contribution in [0.25, 0.3) is 16.7 Å². The van der Waals surface area contributed by atoms with Crippen LogP contribution in [0.15, 0.2) is 54.9 Å². The molecule has 5 nitrogen and oxygen atoms in total. The molecule has 1 atom stereocenters. The van der Waals surface area contributed by atoms with E-state index in [9.17, 15) is 9.90 Å². The minimum absolute atomic E-state index is 0.607. The molecular weight excluding hydrogens is 314 g/mol. The Morgan fingerprint density at radius 2 is 1.96 bits per heavy atom. The van der Waals surface area contributed by atoms with E-state index in [1.54, 1.807) is 0 Å². The molecule has 1 N–H and O–H groups in total. The van der Waals surface area contributed by atoms with Gasteiger partial charge < -0.3 is 5.11 Å². The molecule has 0 saturated carbocycles. The molecule has 1 aliphatic heterocycles. The standard InChI is InChI=1S/C20H21N3O2/c1-20(19(24)25)10-11-22(13-20)12-15-6-8-16(9-7-15)23-14-21-17-4-2-3-5-18(17)23/h2-9,14H,10-13H2,1H3,(H,24,25). The summed E-state index contributed by atoms with van der Waals surface area (Å²) in [6.07, 6.45) is 2.56. The lowest BCUT2D eigenvalue weighted by atomic mass is 9.90. The summed E-state index contributed by atoms with van der Waals surface area (Å²) in [6.45, 7) is 4.06. The van der Waals surface area contributed by atoms with Gasteiger partial charge in [-0.2, -0.15) is 0 Å². The zero-order chi connectivity index (χ0) is 17.4. The third-order valence-corrected chi connectivity index (χ3v) is 5.14. The number of hydrogen-bond donors (Lipinski definition) is 1. The Morgan fingerprint density at radius 3 is 2.68 bits per heavy atom. The Kier molecular flexibility index (Phi) is 3.81. The van der Waals surface area contributed by atoms with Crippen LogP contribution in [0.5, 0.6) is 0 Å². The SMILES string of the molecule is CC1(C(=O)O)CCN(Cc2ccc(-n3cnc4ccccc43)cc2)C1. The number of para-hydroxylation sites is 2. The molecule has 1 unspecified atom stereocenters. The molecule has 0 aliphatic carbocycles. The monoisotopic (exact) mass is 335 g/mol. The highest BCUT2D eigenvalue weighted by Gasteiger charge is 2.40. The summed E-state index contributed by atoms with van der Waals surface area (Å²) in [6, 6.07) is 16.5. The van der Waals surface area contributed by atoms with Gasteiger partial charge in [-0.25, -0.2) is 4.98 Å². The van der Waals surface area contributed by atoms with Gasteiger partial charge >= 0.3 is 5.97 Å². The Balaban J connectivity index is 1.50. The van der Waals surface area contributed by atoms with Crippen molar-refractivity contribution in [3.05, 3.63) is 60.4 Å². The molecule has 0 spiro atoms. The lowest BCUT2D eigenvalue weighted by molar-refractivity contribution is -0.147. The van der Waals surface area contributed by atoms with Gasteiger partial charge in [0.15, 0.2) is 0 Å². The van der Waals surface area contributed by atoms with Crippen LogP contribution in [-0.4, -0.2) is 38.6 Å². The summed E-state index contributed by atoms with van der Waals surface area (Å²) in [4.78, 5) is 18.0. The molecule has 0 radical (unpaired) electrons. The van der Waals surface area contributed by atoms with Gasteiger partial charge in [-0.05, 0) is 49.7 Å². The number of hydrogen-bond acceptors (Lipinski definition) is 3. The zero-order valence-electron chi connectivity index (χ0n) is 14.2. The summed E-state index contributed by atoms with van der Waals surface area (Å²) in [5.74, 6) is -0.697. The van der Waals surface area contributed by atoms with Crippen LogP contribution >= 0.6 is 0 Å². The Hall–Kier alpha value is -2.66. The molecule has 1 fully saturated rings. The number of fused-ring (bicyclic) bond motifs is 1. The Labute approximate surface area is 146 Å². The first-order chi connectivity index (χ1) is 12.0. The van der Waals surface area contributed by atoms with Crippen molar-refractivity contribution in [2.24, 2.45) is 5.41 Å². The Morgan fingerprint density at radius 1 is 1.20 bits per heavy atom. The number of imidazole rings is 1. The number of aliphatic carboxylic acids is 1. The van der Waals surface area contributed by atoms with Crippen molar-refractivity contribution in [2.45, 2.75) is 19.9 Å². The number of carbonyl (C=O) groups is 1. The molecule has 1 saturated heterocycles. The van der Waals surface area contributed by atoms with E-state index in [1.807, 2.05) is 31.5 Å². The van der Waals surface area contributed by atoms with Gasteiger partial charge in [0, 0.05) is 18.8 Å². The molecule has 2 aromatic carbocycles. The van der Waals surface area contributed by atoms with Crippen molar-refractivity contribution in [3.8, 4) is 5.69 Å². The van der Waals surface area contributed by atoms with Crippen molar-refractivity contribution in [3.63, 3.8) is 0 Å². The van der Waals surface area contributed by atoms with Crippen LogP contribution in [0.2, 0.25) is 0 Å². The smallest absolute Gasteiger partial charge is 0.310 e. The number of aromatic nitrogens is 2. The fourth-order valence-corrected chi connectivity index (χ4v) is 3.55. The van der Waals surface area contributed by atoms with Gasteiger partial charge in [0.1, 0.15) is 6.33 Å². The first-order valence-electron chi connectivity index (χ1n) is 8.52. The van der Waals surface area contributed by atoms with Crippen molar-refractivity contribution in [1.82, 2.24) is 14.5 Å². The van der Waals surface area contributed by atoms with Crippen molar-refractivity contribution >= 4 is 17.0 Å². The van der Waals surface area contributed by atoms with Gasteiger partial charge in [-0.3, -0.25) is 14.3 Å². The van der Waals surface area contributed by atoms with Crippen LogP contribution in [0.4, 0.5) is 0 Å². The predicted molar refractivity (Wildman–Crippen MR) is 96.7 cm³/mol. The van der Waals surface area contributed by atoms with Gasteiger partial charge in [0.25, 0.3) is 0 Å². The number of carboxylic acids is 1. The average molecular weight is 335 g/mol. The van der Waals surface area contributed by atoms with Crippen molar-refractivity contribution < 1.29 is 9.90 Å². The number of rotatable bonds is 4. The molecule has 0 bridgehead atoms. The minimum atomic E-state index is -0.697. The summed E-state index contributed by atoms with van der Waals surface area (Å²) >= 11 is 0. The van der Waals surface area contributed by atoms with Crippen LogP contribution in [-0.2, 0) is 11.3 Å². The number of likely N-dealkylation sites (tertiary alicyclic amines) is 1. The van der Waals surface area contributed by atoms with E-state index in [0.29, 0.717) is 13.0 Å². The van der Waals surface area contributed by atoms with E-state index in [2.05, 4.69) is 44.8 Å². The maximum absolute atomic E-state index is 11.4. The molecule has 1 aliphatic rings. The Bertz CT molecular complexity index is 916. The lowest BCUT2D eigenvalue weighted by Crippen LogP contribution is -2.31. The second-order valence-electron chi connectivity index (χ2n) is 7.10. The predicted octanol–water partition coefficient (Wildman–Crippen LogP) is 3.32. The van der Waals surface area contributed by atoms with Crippen LogP contribution in [0.1, 0.15) is 18.9 Å².